The highest BCUT2D eigenvalue weighted by Gasteiger charge is 2.00. The van der Waals surface area contributed by atoms with Crippen LogP contribution in [0.5, 0.6) is 0 Å². The molecule has 0 bridgehead atoms. The molecule has 4 nitrogen and oxygen atoms in total. The summed E-state index contributed by atoms with van der Waals surface area (Å²) in [6.07, 6.45) is 7.53. The molecule has 2 aromatic heterocycles. The Morgan fingerprint density at radius 3 is 3.07 bits per heavy atom. The van der Waals surface area contributed by atoms with Gasteiger partial charge in [-0.25, -0.2) is 0 Å². The molecule has 0 saturated heterocycles. The molecule has 0 atom stereocenters. The van der Waals surface area contributed by atoms with Crippen LogP contribution in [0.25, 0.3) is 0 Å². The number of aryl methyl sites for hydroxylation is 3. The van der Waals surface area contributed by atoms with Crippen molar-refractivity contribution in [2.75, 3.05) is 0 Å². The zero-order valence-electron chi connectivity index (χ0n) is 8.63. The molecule has 2 rings (SSSR count). The maximum Gasteiger partial charge on any atom is 0.166 e. The molecule has 0 aromatic carbocycles. The third-order valence-corrected chi connectivity index (χ3v) is 2.39. The standard InChI is InChI=1S/C11H13N3O/c1-13-8-10(7-12-13)4-6-14-5-2-3-11(14)9-15/h2-3,5,7-9H,4,6H2,1H3. The lowest BCUT2D eigenvalue weighted by Crippen LogP contribution is -2.03. The minimum absolute atomic E-state index is 0.721. The number of nitrogens with zero attached hydrogens (tertiary/aromatic N) is 3. The lowest BCUT2D eigenvalue weighted by Gasteiger charge is -2.03. The topological polar surface area (TPSA) is 39.8 Å². The monoisotopic (exact) mass is 203 g/mol. The van der Waals surface area contributed by atoms with Gasteiger partial charge < -0.3 is 4.57 Å². The summed E-state index contributed by atoms with van der Waals surface area (Å²) in [5, 5.41) is 4.10. The van der Waals surface area contributed by atoms with Gasteiger partial charge in [-0.2, -0.15) is 5.10 Å². The molecule has 15 heavy (non-hydrogen) atoms. The molecule has 0 fully saturated rings. The molecule has 4 heteroatoms. The minimum atomic E-state index is 0.721. The molecule has 0 aliphatic heterocycles. The second-order valence-electron chi connectivity index (χ2n) is 3.52. The number of hydrogen-bond donors (Lipinski definition) is 0. The van der Waals surface area contributed by atoms with Crippen LogP contribution in [-0.4, -0.2) is 20.6 Å². The second kappa shape index (κ2) is 4.13. The Bertz CT molecular complexity index is 456. The quantitative estimate of drug-likeness (QED) is 0.702. The minimum Gasteiger partial charge on any atom is -0.345 e. The number of carbonyl (C=O) groups is 1. The summed E-state index contributed by atoms with van der Waals surface area (Å²) < 4.78 is 3.73. The molecule has 0 aliphatic carbocycles. The van der Waals surface area contributed by atoms with E-state index in [-0.39, 0.29) is 0 Å². The molecule has 0 unspecified atom stereocenters. The van der Waals surface area contributed by atoms with Crippen molar-refractivity contribution in [3.63, 3.8) is 0 Å². The van der Waals surface area contributed by atoms with Crippen LogP contribution in [0.2, 0.25) is 0 Å². The Morgan fingerprint density at radius 2 is 2.40 bits per heavy atom. The highest BCUT2D eigenvalue weighted by Crippen LogP contribution is 2.03. The van der Waals surface area contributed by atoms with E-state index < -0.39 is 0 Å². The molecular weight excluding hydrogens is 190 g/mol. The summed E-state index contributed by atoms with van der Waals surface area (Å²) in [4.78, 5) is 10.7. The van der Waals surface area contributed by atoms with Gasteiger partial charge in [0.1, 0.15) is 0 Å². The van der Waals surface area contributed by atoms with E-state index in [4.69, 9.17) is 0 Å². The molecule has 0 amide bonds. The first kappa shape index (κ1) is 9.71. The Labute approximate surface area is 88.1 Å². The highest BCUT2D eigenvalue weighted by atomic mass is 16.1. The third kappa shape index (κ3) is 2.15. The molecule has 0 saturated carbocycles. The maximum atomic E-state index is 10.7. The van der Waals surface area contributed by atoms with E-state index in [1.165, 1.54) is 5.56 Å². The average molecular weight is 203 g/mol. The summed E-state index contributed by atoms with van der Waals surface area (Å²) in [5.41, 5.74) is 1.90. The van der Waals surface area contributed by atoms with Gasteiger partial charge in [-0.3, -0.25) is 9.48 Å². The predicted octanol–water partition coefficient (Wildman–Crippen LogP) is 1.28. The van der Waals surface area contributed by atoms with E-state index in [1.54, 1.807) is 4.68 Å². The summed E-state index contributed by atoms with van der Waals surface area (Å²) in [6, 6.07) is 3.70. The van der Waals surface area contributed by atoms with Crippen LogP contribution >= 0.6 is 0 Å². The smallest absolute Gasteiger partial charge is 0.166 e. The van der Waals surface area contributed by atoms with Gasteiger partial charge in [0.15, 0.2) is 6.29 Å². The van der Waals surface area contributed by atoms with E-state index in [2.05, 4.69) is 5.10 Å². The number of aromatic nitrogens is 3. The Morgan fingerprint density at radius 1 is 1.53 bits per heavy atom. The average Bonchev–Trinajstić information content (AvgIpc) is 2.83. The molecule has 0 N–H and O–H groups in total. The Kier molecular flexibility index (Phi) is 2.67. The van der Waals surface area contributed by atoms with Gasteiger partial charge in [-0.15, -0.1) is 0 Å². The Hall–Kier alpha value is -1.84. The predicted molar refractivity (Wildman–Crippen MR) is 56.7 cm³/mol. The zero-order valence-corrected chi connectivity index (χ0v) is 8.63. The molecule has 0 aliphatic rings. The van der Waals surface area contributed by atoms with Crippen molar-refractivity contribution >= 4 is 6.29 Å². The van der Waals surface area contributed by atoms with E-state index >= 15 is 0 Å². The van der Waals surface area contributed by atoms with Crippen molar-refractivity contribution in [1.82, 2.24) is 14.3 Å². The van der Waals surface area contributed by atoms with E-state index in [0.29, 0.717) is 0 Å². The van der Waals surface area contributed by atoms with Crippen LogP contribution in [0.4, 0.5) is 0 Å². The van der Waals surface area contributed by atoms with Crippen molar-refractivity contribution in [1.29, 1.82) is 0 Å². The van der Waals surface area contributed by atoms with Gasteiger partial charge in [0.05, 0.1) is 11.9 Å². The van der Waals surface area contributed by atoms with Gasteiger partial charge in [-0.1, -0.05) is 0 Å². The first-order valence-electron chi connectivity index (χ1n) is 4.87. The molecular formula is C11H13N3O. The fraction of sp³-hybridized carbons (Fsp3) is 0.273. The van der Waals surface area contributed by atoms with Crippen molar-refractivity contribution in [3.8, 4) is 0 Å². The van der Waals surface area contributed by atoms with Gasteiger partial charge in [0, 0.05) is 26.0 Å². The van der Waals surface area contributed by atoms with E-state index in [1.807, 2.05) is 42.3 Å². The fourth-order valence-corrected chi connectivity index (χ4v) is 1.59. The molecule has 0 radical (unpaired) electrons. The first-order chi connectivity index (χ1) is 7.29. The van der Waals surface area contributed by atoms with Crippen molar-refractivity contribution < 1.29 is 4.79 Å². The fourth-order valence-electron chi connectivity index (χ4n) is 1.59. The Balaban J connectivity index is 2.01. The van der Waals surface area contributed by atoms with Gasteiger partial charge >= 0.3 is 0 Å². The molecule has 2 aromatic rings. The van der Waals surface area contributed by atoms with Gasteiger partial charge in [-0.05, 0) is 24.1 Å². The van der Waals surface area contributed by atoms with E-state index in [9.17, 15) is 4.79 Å². The van der Waals surface area contributed by atoms with Gasteiger partial charge in [0.25, 0.3) is 0 Å². The number of carbonyl (C=O) groups excluding carboxylic acids is 1. The van der Waals surface area contributed by atoms with E-state index in [0.717, 1.165) is 24.9 Å². The third-order valence-electron chi connectivity index (χ3n) is 2.39. The zero-order chi connectivity index (χ0) is 10.7. The SMILES string of the molecule is Cn1cc(CCn2cccc2C=O)cn1. The van der Waals surface area contributed by atoms with Crippen molar-refractivity contribution in [2.24, 2.45) is 7.05 Å². The number of hydrogen-bond acceptors (Lipinski definition) is 2. The lowest BCUT2D eigenvalue weighted by atomic mass is 10.2. The molecule has 2 heterocycles. The highest BCUT2D eigenvalue weighted by molar-refractivity contribution is 5.72. The second-order valence-corrected chi connectivity index (χ2v) is 3.52. The van der Waals surface area contributed by atoms with Crippen LogP contribution in [0.3, 0.4) is 0 Å². The van der Waals surface area contributed by atoms with Crippen LogP contribution in [-0.2, 0) is 20.0 Å². The van der Waals surface area contributed by atoms with Crippen LogP contribution < -0.4 is 0 Å². The van der Waals surface area contributed by atoms with Crippen molar-refractivity contribution in [2.45, 2.75) is 13.0 Å². The van der Waals surface area contributed by atoms with Crippen LogP contribution in [0.15, 0.2) is 30.7 Å². The maximum absolute atomic E-state index is 10.7. The summed E-state index contributed by atoms with van der Waals surface area (Å²) in [5.74, 6) is 0. The number of rotatable bonds is 4. The molecule has 0 spiro atoms. The van der Waals surface area contributed by atoms with Crippen molar-refractivity contribution in [3.05, 3.63) is 42.0 Å². The first-order valence-corrected chi connectivity index (χ1v) is 4.87. The number of aldehydes is 1. The summed E-state index contributed by atoms with van der Waals surface area (Å²) in [7, 11) is 1.90. The largest absolute Gasteiger partial charge is 0.345 e. The molecule has 78 valence electrons. The summed E-state index contributed by atoms with van der Waals surface area (Å²) in [6.45, 7) is 0.812. The lowest BCUT2D eigenvalue weighted by molar-refractivity contribution is 0.111. The summed E-state index contributed by atoms with van der Waals surface area (Å²) >= 11 is 0. The van der Waals surface area contributed by atoms with Crippen LogP contribution in [0, 0.1) is 0 Å². The normalized spacial score (nSPS) is 10.5. The van der Waals surface area contributed by atoms with Crippen LogP contribution in [0.1, 0.15) is 16.1 Å². The van der Waals surface area contributed by atoms with Gasteiger partial charge in [0.2, 0.25) is 0 Å².